The van der Waals surface area contributed by atoms with Gasteiger partial charge in [-0.3, -0.25) is 43.5 Å². The first kappa shape index (κ1) is 56.2. The lowest BCUT2D eigenvalue weighted by Crippen LogP contribution is -2.60. The molecule has 25 heteroatoms. The number of nitrogens with one attached hydrogen (secondary N) is 6. The molecule has 62 heavy (non-hydrogen) atoms. The highest BCUT2D eigenvalue weighted by Gasteiger charge is 2.34. The highest BCUT2D eigenvalue weighted by molar-refractivity contribution is 5.96. The number of aliphatic carboxylic acids is 2. The van der Waals surface area contributed by atoms with Gasteiger partial charge in [-0.2, -0.15) is 0 Å². The molecule has 354 valence electrons. The van der Waals surface area contributed by atoms with Crippen LogP contribution in [0.5, 0.6) is 0 Å². The summed E-state index contributed by atoms with van der Waals surface area (Å²) in [6.45, 7) is 3.67. The number of guanidine groups is 2. The number of amides is 6. The Morgan fingerprint density at radius 1 is 0.565 bits per heavy atom. The molecule has 7 unspecified atom stereocenters. The summed E-state index contributed by atoms with van der Waals surface area (Å²) in [7, 11) is 0. The monoisotopic (exact) mass is 886 g/mol. The highest BCUT2D eigenvalue weighted by atomic mass is 16.4. The summed E-state index contributed by atoms with van der Waals surface area (Å²) >= 11 is 0. The minimum atomic E-state index is -1.50. The van der Waals surface area contributed by atoms with Crippen LogP contribution in [0.4, 0.5) is 0 Å². The summed E-state index contributed by atoms with van der Waals surface area (Å²) in [6, 6.07) is -7.43. The molecular weight excluding hydrogens is 815 g/mol. The summed E-state index contributed by atoms with van der Waals surface area (Å²) in [6.07, 6.45) is 2.34. The van der Waals surface area contributed by atoms with Crippen LogP contribution < -0.4 is 72.0 Å². The van der Waals surface area contributed by atoms with E-state index in [9.17, 15) is 48.6 Å². The first-order valence-corrected chi connectivity index (χ1v) is 20.8. The van der Waals surface area contributed by atoms with Gasteiger partial charge in [0.2, 0.25) is 35.4 Å². The number of carboxylic acids is 2. The maximum absolute atomic E-state index is 13.9. The highest BCUT2D eigenvalue weighted by Crippen LogP contribution is 2.12. The third-order valence-corrected chi connectivity index (χ3v) is 9.54. The van der Waals surface area contributed by atoms with E-state index in [1.807, 2.05) is 0 Å². The zero-order valence-electron chi connectivity index (χ0n) is 35.9. The van der Waals surface area contributed by atoms with Crippen LogP contribution in [-0.4, -0.2) is 138 Å². The van der Waals surface area contributed by atoms with E-state index in [2.05, 4.69) is 41.9 Å². The molecule has 22 N–H and O–H groups in total. The lowest BCUT2D eigenvalue weighted by molar-refractivity contribution is -0.142. The minimum absolute atomic E-state index is 0.0341. The predicted molar refractivity (Wildman–Crippen MR) is 230 cm³/mol. The molecule has 0 saturated heterocycles. The Hall–Kier alpha value is -5.82. The Morgan fingerprint density at radius 2 is 1.03 bits per heavy atom. The van der Waals surface area contributed by atoms with Crippen molar-refractivity contribution < 1.29 is 48.6 Å². The third-order valence-electron chi connectivity index (χ3n) is 9.54. The molecular formula is C37H71N15O10. The Kier molecular flexibility index (Phi) is 29.0. The molecule has 0 fully saturated rings. The zero-order valence-corrected chi connectivity index (χ0v) is 35.9. The standard InChI is InChI=1S/C37H71N15O10/c1-3-21(2)29(34(60)51-25(14-15-28(54)55)31(57)47-20-27(53)48-26(35(61)62)13-9-19-46-37(43)44)52-33(59)24(12-5-7-17-39)50-32(58)23(11-4-6-16-38)49-30(56)22(40)10-8-18-45-36(41)42/h21-26,29H,3-20,38-40H2,1-2H3,(H,47,57)(H,48,53)(H,49,56)(H,50,58)(H,51,60)(H,52,59)(H,54,55)(H,61,62)(H4,41,42,45)(H4,43,44,46). The average Bonchev–Trinajstić information content (AvgIpc) is 3.21. The van der Waals surface area contributed by atoms with Crippen LogP contribution in [0, 0.1) is 5.92 Å². The van der Waals surface area contributed by atoms with E-state index in [0.29, 0.717) is 51.6 Å². The quantitative estimate of drug-likeness (QED) is 0.0164. The van der Waals surface area contributed by atoms with E-state index in [1.54, 1.807) is 13.8 Å². The maximum atomic E-state index is 13.9. The average molecular weight is 886 g/mol. The molecule has 0 aromatic rings. The topological polar surface area (TPSA) is 456 Å². The Balaban J connectivity index is 6.13. The normalized spacial score (nSPS) is 14.2. The van der Waals surface area contributed by atoms with Crippen molar-refractivity contribution in [1.82, 2.24) is 31.9 Å². The maximum Gasteiger partial charge on any atom is 0.326 e. The number of hydrogen-bond donors (Lipinski definition) is 15. The number of nitrogens with two attached hydrogens (primary N) is 7. The molecule has 25 nitrogen and oxygen atoms in total. The smallest absolute Gasteiger partial charge is 0.326 e. The molecule has 0 spiro atoms. The number of carbonyl (C=O) groups is 8. The lowest BCUT2D eigenvalue weighted by atomic mass is 9.96. The second kappa shape index (κ2) is 32.0. The van der Waals surface area contributed by atoms with Crippen LogP contribution in [0.25, 0.3) is 0 Å². The molecule has 0 aromatic heterocycles. The van der Waals surface area contributed by atoms with Gasteiger partial charge in [-0.15, -0.1) is 0 Å². The Labute approximate surface area is 361 Å². The molecule has 0 aromatic carbocycles. The summed E-state index contributed by atoms with van der Waals surface area (Å²) in [5.74, 6) is -8.21. The van der Waals surface area contributed by atoms with Gasteiger partial charge in [-0.25, -0.2) is 4.79 Å². The van der Waals surface area contributed by atoms with Gasteiger partial charge in [0.05, 0.1) is 12.6 Å². The third kappa shape index (κ3) is 25.1. The molecule has 0 heterocycles. The SMILES string of the molecule is CCC(C)C(NC(=O)C(CCCCN)NC(=O)C(CCCCN)NC(=O)C(N)CCCN=C(N)N)C(=O)NC(CCC(=O)O)C(=O)NCC(=O)NC(CCCN=C(N)N)C(=O)O. The van der Waals surface area contributed by atoms with Gasteiger partial charge in [0.25, 0.3) is 0 Å². The van der Waals surface area contributed by atoms with Crippen molar-refractivity contribution in [3.05, 3.63) is 0 Å². The van der Waals surface area contributed by atoms with Gasteiger partial charge < -0.3 is 82.2 Å². The molecule has 0 aliphatic rings. The van der Waals surface area contributed by atoms with Crippen molar-refractivity contribution in [1.29, 1.82) is 0 Å². The van der Waals surface area contributed by atoms with Gasteiger partial charge in [0, 0.05) is 19.5 Å². The summed E-state index contributed by atoms with van der Waals surface area (Å²) in [4.78, 5) is 111. The van der Waals surface area contributed by atoms with E-state index < -0.39 is 109 Å². The van der Waals surface area contributed by atoms with Crippen LogP contribution in [0.1, 0.15) is 97.3 Å². The van der Waals surface area contributed by atoms with Crippen molar-refractivity contribution in [2.75, 3.05) is 32.7 Å². The summed E-state index contributed by atoms with van der Waals surface area (Å²) < 4.78 is 0. The second-order valence-corrected chi connectivity index (χ2v) is 14.7. The van der Waals surface area contributed by atoms with Gasteiger partial charge in [-0.1, -0.05) is 20.3 Å². The molecule has 0 radical (unpaired) electrons. The Morgan fingerprint density at radius 3 is 1.52 bits per heavy atom. The molecule has 0 rings (SSSR count). The van der Waals surface area contributed by atoms with Crippen molar-refractivity contribution >= 4 is 59.3 Å². The van der Waals surface area contributed by atoms with Crippen molar-refractivity contribution in [3.8, 4) is 0 Å². The summed E-state index contributed by atoms with van der Waals surface area (Å²) in [5, 5.41) is 33.9. The predicted octanol–water partition coefficient (Wildman–Crippen LogP) is -4.79. The minimum Gasteiger partial charge on any atom is -0.481 e. The van der Waals surface area contributed by atoms with Crippen LogP contribution in [0.3, 0.4) is 0 Å². The van der Waals surface area contributed by atoms with E-state index in [4.69, 9.17) is 40.1 Å². The molecule has 0 saturated carbocycles. The number of hydrogen-bond acceptors (Lipinski definition) is 13. The van der Waals surface area contributed by atoms with E-state index in [-0.39, 0.29) is 57.1 Å². The molecule has 0 bridgehead atoms. The van der Waals surface area contributed by atoms with E-state index in [0.717, 1.165) is 0 Å². The number of nitrogens with zero attached hydrogens (tertiary/aromatic N) is 2. The van der Waals surface area contributed by atoms with Crippen LogP contribution in [0.2, 0.25) is 0 Å². The molecule has 0 aliphatic carbocycles. The number of rotatable bonds is 34. The fraction of sp³-hybridized carbons (Fsp3) is 0.730. The largest absolute Gasteiger partial charge is 0.481 e. The van der Waals surface area contributed by atoms with Gasteiger partial charge in [-0.05, 0) is 89.6 Å². The number of aliphatic imine (C=N–C) groups is 2. The van der Waals surface area contributed by atoms with E-state index in [1.165, 1.54) is 0 Å². The van der Waals surface area contributed by atoms with E-state index >= 15 is 0 Å². The second-order valence-electron chi connectivity index (χ2n) is 14.7. The van der Waals surface area contributed by atoms with Crippen LogP contribution in [-0.2, 0) is 38.4 Å². The van der Waals surface area contributed by atoms with Gasteiger partial charge in [0.1, 0.15) is 30.2 Å². The number of unbranched alkanes of at least 4 members (excludes halogenated alkanes) is 2. The Bertz CT molecular complexity index is 1510. The zero-order chi connectivity index (χ0) is 47.2. The first-order valence-electron chi connectivity index (χ1n) is 20.8. The van der Waals surface area contributed by atoms with Crippen molar-refractivity contribution in [2.24, 2.45) is 56.0 Å². The lowest BCUT2D eigenvalue weighted by Gasteiger charge is -2.29. The molecule has 0 aliphatic heterocycles. The summed E-state index contributed by atoms with van der Waals surface area (Å²) in [5.41, 5.74) is 38.6. The number of carbonyl (C=O) groups excluding carboxylic acids is 6. The van der Waals surface area contributed by atoms with Crippen molar-refractivity contribution in [2.45, 2.75) is 134 Å². The van der Waals surface area contributed by atoms with Crippen LogP contribution >= 0.6 is 0 Å². The fourth-order valence-electron chi connectivity index (χ4n) is 5.78. The molecule has 7 atom stereocenters. The fourth-order valence-corrected chi connectivity index (χ4v) is 5.78. The van der Waals surface area contributed by atoms with Gasteiger partial charge >= 0.3 is 11.9 Å². The van der Waals surface area contributed by atoms with Crippen molar-refractivity contribution in [3.63, 3.8) is 0 Å². The molecule has 6 amide bonds. The van der Waals surface area contributed by atoms with Crippen LogP contribution in [0.15, 0.2) is 9.98 Å². The number of carboxylic acid groups (broad SMARTS) is 2. The van der Waals surface area contributed by atoms with Gasteiger partial charge in [0.15, 0.2) is 11.9 Å². The first-order chi connectivity index (χ1) is 29.3.